The fraction of sp³-hybridized carbons (Fsp3) is 0.240. The molecule has 3 unspecified atom stereocenters. The number of nitro benzene ring substituents is 3. The number of amides is 9. The van der Waals surface area contributed by atoms with Gasteiger partial charge in [-0.2, -0.15) is 0 Å². The van der Waals surface area contributed by atoms with Crippen LogP contribution in [0.1, 0.15) is 116 Å². The van der Waals surface area contributed by atoms with Gasteiger partial charge in [0.25, 0.3) is 52.5 Å². The standard InChI is InChI=1S/C42H45Cl3N6O6.C33H30N6O9/c1-22-34(40(55)49(7)31-16-10-13-28(19-31)46-37(52)25(4)43)23(2)36(42(57)51(9)33-18-12-15-30(21-33)48-39(54)27(6)45)24(3)35(22)41(56)50(8)32-17-11-14-29(20-32)47-38(53)26(5)44;1-19-28(31(40)34(4)22-10-7-13-25(16-22)37(43)44)20(2)30(33(42)36(6)24-12-9-15-27(18-24)39(47)48)21(3)29(19)32(41)35(5)23-11-8-14-26(17-23)38(45)46/h10-21,25-27H,1-9H3,(H,46,52)(H,47,53)(H,48,54);7-18H,1-6H3. The van der Waals surface area contributed by atoms with Crippen molar-refractivity contribution in [2.24, 2.45) is 0 Å². The van der Waals surface area contributed by atoms with Crippen LogP contribution in [0.3, 0.4) is 0 Å². The van der Waals surface area contributed by atoms with E-state index in [-0.39, 0.29) is 84.2 Å². The number of hydrogen-bond donors (Lipinski definition) is 3. The fourth-order valence-electron chi connectivity index (χ4n) is 11.6. The second-order valence-corrected chi connectivity index (χ2v) is 26.4. The second-order valence-electron chi connectivity index (χ2n) is 24.5. The zero-order valence-corrected chi connectivity index (χ0v) is 62.1. The molecule has 3 N–H and O–H groups in total. The minimum atomic E-state index is -0.791. The molecule has 0 spiro atoms. The summed E-state index contributed by atoms with van der Waals surface area (Å²) in [5.74, 6) is -4.85. The molecule has 3 atom stereocenters. The van der Waals surface area contributed by atoms with Crippen molar-refractivity contribution in [3.05, 3.63) is 243 Å². The molecule has 8 rings (SSSR count). The van der Waals surface area contributed by atoms with E-state index in [9.17, 15) is 73.5 Å². The average molecular weight is 1490 g/mol. The number of halogens is 3. The summed E-state index contributed by atoms with van der Waals surface area (Å²) in [5.41, 5.74) is 4.13. The number of benzene rings is 8. The molecular weight excluding hydrogens is 1420 g/mol. The quantitative estimate of drug-likeness (QED) is 0.0342. The van der Waals surface area contributed by atoms with Gasteiger partial charge in [-0.25, -0.2) is 0 Å². The van der Waals surface area contributed by atoms with Crippen molar-refractivity contribution >= 4 is 156 Å². The van der Waals surface area contributed by atoms with Gasteiger partial charge in [0.2, 0.25) is 17.7 Å². The molecule has 0 saturated carbocycles. The molecule has 0 heterocycles. The molecular formula is C75H75Cl3N12O15. The third-order valence-corrected chi connectivity index (χ3v) is 18.1. The van der Waals surface area contributed by atoms with Crippen molar-refractivity contribution < 1.29 is 57.9 Å². The van der Waals surface area contributed by atoms with Crippen molar-refractivity contribution in [2.75, 3.05) is 87.6 Å². The molecule has 105 heavy (non-hydrogen) atoms. The highest BCUT2D eigenvalue weighted by molar-refractivity contribution is 6.33. The SMILES string of the molecule is Cc1c(C(=O)N(C)c2cccc(NC(=O)C(C)Cl)c2)c(C)c(C(=O)N(C)c2cccc(NC(=O)C(C)Cl)c2)c(C)c1C(=O)N(C)c1cccc(NC(=O)C(C)Cl)c1.Cc1c(C(=O)N(C)c2cccc([N+](=O)[O-])c2)c(C)c(C(=O)N(C)c2cccc([N+](=O)[O-])c2)c(C)c1C(=O)N(C)c1cccc([N+](=O)[O-])c1. The minimum absolute atomic E-state index is 0.0267. The summed E-state index contributed by atoms with van der Waals surface area (Å²) >= 11 is 17.9. The van der Waals surface area contributed by atoms with Gasteiger partial charge >= 0.3 is 0 Å². The van der Waals surface area contributed by atoms with Gasteiger partial charge < -0.3 is 45.3 Å². The minimum Gasteiger partial charge on any atom is -0.325 e. The van der Waals surface area contributed by atoms with Crippen LogP contribution in [-0.2, 0) is 14.4 Å². The van der Waals surface area contributed by atoms with Crippen LogP contribution < -0.4 is 45.3 Å². The predicted octanol–water partition coefficient (Wildman–Crippen LogP) is 14.3. The number of nitrogens with one attached hydrogen (secondary N) is 3. The van der Waals surface area contributed by atoms with Crippen LogP contribution in [0.5, 0.6) is 0 Å². The smallest absolute Gasteiger partial charge is 0.271 e. The van der Waals surface area contributed by atoms with Crippen molar-refractivity contribution in [2.45, 2.75) is 78.4 Å². The number of nitrogens with zero attached hydrogens (tertiary/aromatic N) is 9. The van der Waals surface area contributed by atoms with E-state index < -0.39 is 84.1 Å². The van der Waals surface area contributed by atoms with Gasteiger partial charge in [0.05, 0.1) is 31.8 Å². The number of rotatable bonds is 21. The molecule has 0 fully saturated rings. The molecule has 30 heteroatoms. The number of carbonyl (C=O) groups excluding carboxylic acids is 9. The highest BCUT2D eigenvalue weighted by atomic mass is 35.5. The maximum absolute atomic E-state index is 14.6. The van der Waals surface area contributed by atoms with E-state index in [4.69, 9.17) is 34.8 Å². The Hall–Kier alpha value is -11.9. The van der Waals surface area contributed by atoms with E-state index in [0.29, 0.717) is 50.8 Å². The van der Waals surface area contributed by atoms with Crippen molar-refractivity contribution in [3.63, 3.8) is 0 Å². The molecule has 0 bridgehead atoms. The van der Waals surface area contributed by atoms with Gasteiger partial charge in [0.15, 0.2) is 0 Å². The van der Waals surface area contributed by atoms with Gasteiger partial charge in [0, 0.05) is 146 Å². The normalized spacial score (nSPS) is 11.6. The number of hydrogen-bond acceptors (Lipinski definition) is 15. The molecule has 0 aromatic heterocycles. The summed E-state index contributed by atoms with van der Waals surface area (Å²) < 4.78 is 0. The van der Waals surface area contributed by atoms with Crippen molar-refractivity contribution in [3.8, 4) is 0 Å². The van der Waals surface area contributed by atoms with E-state index in [2.05, 4.69) is 16.0 Å². The van der Waals surface area contributed by atoms with Crippen LogP contribution >= 0.6 is 34.8 Å². The Morgan fingerprint density at radius 2 is 0.467 bits per heavy atom. The Labute approximate surface area is 619 Å². The van der Waals surface area contributed by atoms with Gasteiger partial charge in [-0.05, 0) is 168 Å². The monoisotopic (exact) mass is 1490 g/mol. The van der Waals surface area contributed by atoms with Gasteiger partial charge in [-0.1, -0.05) is 36.4 Å². The number of nitro groups is 3. The fourth-order valence-corrected chi connectivity index (χ4v) is 11.8. The van der Waals surface area contributed by atoms with Crippen LogP contribution in [0.25, 0.3) is 0 Å². The summed E-state index contributed by atoms with van der Waals surface area (Å²) in [5, 5.41) is 40.1. The maximum Gasteiger partial charge on any atom is 0.271 e. The summed E-state index contributed by atoms with van der Waals surface area (Å²) in [6, 6.07) is 36.0. The molecule has 0 aliphatic heterocycles. The van der Waals surface area contributed by atoms with Crippen molar-refractivity contribution in [1.82, 2.24) is 0 Å². The lowest BCUT2D eigenvalue weighted by molar-refractivity contribution is -0.385. The first-order valence-electron chi connectivity index (χ1n) is 32.2. The number of alkyl halides is 3. The van der Waals surface area contributed by atoms with Crippen LogP contribution in [-0.4, -0.2) is 126 Å². The Morgan fingerprint density at radius 3 is 0.629 bits per heavy atom. The molecule has 0 aliphatic rings. The summed E-state index contributed by atoms with van der Waals surface area (Å²) in [6.45, 7) is 14.2. The molecule has 8 aromatic rings. The topological polar surface area (TPSA) is 339 Å². The van der Waals surface area contributed by atoms with E-state index >= 15 is 0 Å². The summed E-state index contributed by atoms with van der Waals surface area (Å²) in [4.78, 5) is 164. The van der Waals surface area contributed by atoms with Crippen LogP contribution in [0, 0.1) is 71.9 Å². The van der Waals surface area contributed by atoms with Gasteiger partial charge in [-0.3, -0.25) is 73.5 Å². The largest absolute Gasteiger partial charge is 0.325 e. The summed E-state index contributed by atoms with van der Waals surface area (Å²) in [6.07, 6.45) is 0. The number of carbonyl (C=O) groups is 9. The Kier molecular flexibility index (Phi) is 25.9. The third-order valence-electron chi connectivity index (χ3n) is 17.5. The second kappa shape index (κ2) is 33.9. The lowest BCUT2D eigenvalue weighted by Gasteiger charge is -2.28. The first-order valence-corrected chi connectivity index (χ1v) is 33.5. The van der Waals surface area contributed by atoms with Gasteiger partial charge in [-0.15, -0.1) is 34.8 Å². The maximum atomic E-state index is 14.6. The Morgan fingerprint density at radius 1 is 0.305 bits per heavy atom. The summed E-state index contributed by atoms with van der Waals surface area (Å²) in [7, 11) is 8.85. The van der Waals surface area contributed by atoms with Gasteiger partial charge in [0.1, 0.15) is 16.1 Å². The predicted molar refractivity (Wildman–Crippen MR) is 408 cm³/mol. The lowest BCUT2D eigenvalue weighted by atomic mass is 9.86. The van der Waals surface area contributed by atoms with E-state index in [1.165, 1.54) is 129 Å². The molecule has 27 nitrogen and oxygen atoms in total. The lowest BCUT2D eigenvalue weighted by Crippen LogP contribution is -2.35. The third kappa shape index (κ3) is 17.9. The Balaban J connectivity index is 0.000000298. The van der Waals surface area contributed by atoms with Crippen LogP contribution in [0.4, 0.5) is 68.2 Å². The highest BCUT2D eigenvalue weighted by Gasteiger charge is 2.36. The van der Waals surface area contributed by atoms with Crippen molar-refractivity contribution in [1.29, 1.82) is 0 Å². The first kappa shape index (κ1) is 80.4. The first-order chi connectivity index (χ1) is 49.3. The number of non-ortho nitro benzene ring substituents is 3. The van der Waals surface area contributed by atoms with E-state index in [1.54, 1.807) is 135 Å². The molecule has 9 amide bonds. The zero-order chi connectivity index (χ0) is 78.1. The molecule has 0 radical (unpaired) electrons. The molecule has 8 aromatic carbocycles. The molecule has 546 valence electrons. The highest BCUT2D eigenvalue weighted by Crippen LogP contribution is 2.37. The molecule has 0 saturated heterocycles. The molecule has 0 aliphatic carbocycles. The van der Waals surface area contributed by atoms with E-state index in [1.807, 2.05) is 0 Å². The van der Waals surface area contributed by atoms with E-state index in [0.717, 1.165) is 14.7 Å². The Bertz CT molecular complexity index is 4360. The number of anilines is 9. The average Bonchev–Trinajstić information content (AvgIpc) is 0.752. The van der Waals surface area contributed by atoms with Crippen LogP contribution in [0.2, 0.25) is 0 Å². The van der Waals surface area contributed by atoms with Crippen LogP contribution in [0.15, 0.2) is 146 Å². The zero-order valence-electron chi connectivity index (χ0n) is 59.9.